The van der Waals surface area contributed by atoms with Crippen molar-refractivity contribution in [1.82, 2.24) is 14.4 Å². The van der Waals surface area contributed by atoms with Gasteiger partial charge in [0.15, 0.2) is 0 Å². The Kier molecular flexibility index (Phi) is 8.93. The molecule has 0 aliphatic heterocycles. The minimum Gasteiger partial charge on any atom is -0.385 e. The molecule has 0 spiro atoms. The summed E-state index contributed by atoms with van der Waals surface area (Å²) in [7, 11) is 1.63. The fourth-order valence-corrected chi connectivity index (χ4v) is 3.26. The average Bonchev–Trinajstić information content (AvgIpc) is 3.12. The summed E-state index contributed by atoms with van der Waals surface area (Å²) in [5, 5.41) is 0. The molecule has 0 saturated heterocycles. The molecule has 0 aliphatic carbocycles. The summed E-state index contributed by atoms with van der Waals surface area (Å²) in [4.78, 5) is 28.4. The molecule has 0 unspecified atom stereocenters. The van der Waals surface area contributed by atoms with Gasteiger partial charge in [-0.25, -0.2) is 0 Å². The Morgan fingerprint density at radius 2 is 1.83 bits per heavy atom. The monoisotopic (exact) mass is 399 g/mol. The molecule has 158 valence electrons. The molecule has 0 fully saturated rings. The van der Waals surface area contributed by atoms with E-state index in [2.05, 4.69) is 16.7 Å². The van der Waals surface area contributed by atoms with Crippen molar-refractivity contribution in [3.05, 3.63) is 59.9 Å². The summed E-state index contributed by atoms with van der Waals surface area (Å²) in [6.45, 7) is 7.97. The molecule has 1 aromatic carbocycles. The van der Waals surface area contributed by atoms with Crippen LogP contribution in [0, 0.1) is 0 Å². The molecule has 0 saturated carbocycles. The number of carbonyl (C=O) groups excluding carboxylic acids is 2. The van der Waals surface area contributed by atoms with Gasteiger partial charge in [-0.2, -0.15) is 0 Å². The molecule has 2 aromatic rings. The Bertz CT molecular complexity index is 771. The molecular weight excluding hydrogens is 366 g/mol. The number of hydrogen-bond acceptors (Lipinski definition) is 3. The van der Waals surface area contributed by atoms with Gasteiger partial charge >= 0.3 is 0 Å². The van der Waals surface area contributed by atoms with Crippen LogP contribution in [0.25, 0.3) is 0 Å². The van der Waals surface area contributed by atoms with Gasteiger partial charge in [0.25, 0.3) is 0 Å². The second kappa shape index (κ2) is 11.4. The lowest BCUT2D eigenvalue weighted by Crippen LogP contribution is -2.45. The van der Waals surface area contributed by atoms with Crippen molar-refractivity contribution in [2.24, 2.45) is 0 Å². The molecule has 1 heterocycles. The highest BCUT2D eigenvalue weighted by Crippen LogP contribution is 2.13. The molecule has 0 radical (unpaired) electrons. The standard InChI is InChI=1S/C23H33N3O3/c1-19(2)26(23(28)18-24(20(3)27)14-9-15-29-4)17-22-12-8-13-25(22)16-21-10-6-5-7-11-21/h5-8,10-13,19H,9,14-18H2,1-4H3. The van der Waals surface area contributed by atoms with Crippen LogP contribution in [0.4, 0.5) is 0 Å². The van der Waals surface area contributed by atoms with Crippen molar-refractivity contribution in [2.75, 3.05) is 26.8 Å². The Morgan fingerprint density at radius 1 is 1.10 bits per heavy atom. The Labute approximate surface area is 174 Å². The average molecular weight is 400 g/mol. The summed E-state index contributed by atoms with van der Waals surface area (Å²) in [6.07, 6.45) is 2.75. The molecule has 6 nitrogen and oxygen atoms in total. The van der Waals surface area contributed by atoms with Gasteiger partial charge in [0, 0.05) is 51.7 Å². The number of benzene rings is 1. The van der Waals surface area contributed by atoms with E-state index >= 15 is 0 Å². The van der Waals surface area contributed by atoms with Gasteiger partial charge in [-0.05, 0) is 38.0 Å². The van der Waals surface area contributed by atoms with Crippen molar-refractivity contribution >= 4 is 11.8 Å². The highest BCUT2D eigenvalue weighted by atomic mass is 16.5. The molecule has 1 aromatic heterocycles. The van der Waals surface area contributed by atoms with Crippen LogP contribution in [0.15, 0.2) is 48.7 Å². The van der Waals surface area contributed by atoms with Crippen LogP contribution in [0.2, 0.25) is 0 Å². The van der Waals surface area contributed by atoms with E-state index in [9.17, 15) is 9.59 Å². The summed E-state index contributed by atoms with van der Waals surface area (Å²) in [6, 6.07) is 14.4. The number of nitrogens with zero attached hydrogens (tertiary/aromatic N) is 3. The molecule has 0 aliphatic rings. The predicted molar refractivity (Wildman–Crippen MR) is 114 cm³/mol. The van der Waals surface area contributed by atoms with Crippen molar-refractivity contribution in [1.29, 1.82) is 0 Å². The molecule has 2 rings (SSSR count). The lowest BCUT2D eigenvalue weighted by molar-refractivity contribution is -0.141. The fourth-order valence-electron chi connectivity index (χ4n) is 3.26. The molecule has 29 heavy (non-hydrogen) atoms. The van der Waals surface area contributed by atoms with E-state index in [4.69, 9.17) is 4.74 Å². The molecule has 6 heteroatoms. The summed E-state index contributed by atoms with van der Waals surface area (Å²) in [5.74, 6) is -0.134. The Morgan fingerprint density at radius 3 is 2.45 bits per heavy atom. The van der Waals surface area contributed by atoms with Crippen molar-refractivity contribution in [3.63, 3.8) is 0 Å². The first-order chi connectivity index (χ1) is 13.9. The fraction of sp³-hybridized carbons (Fsp3) is 0.478. The largest absolute Gasteiger partial charge is 0.385 e. The summed E-state index contributed by atoms with van der Waals surface area (Å²) in [5.41, 5.74) is 2.29. The number of amides is 2. The second-order valence-corrected chi connectivity index (χ2v) is 7.52. The van der Waals surface area contributed by atoms with Gasteiger partial charge in [-0.3, -0.25) is 9.59 Å². The molecule has 0 bridgehead atoms. The van der Waals surface area contributed by atoms with E-state index in [0.29, 0.717) is 26.1 Å². The van der Waals surface area contributed by atoms with Crippen LogP contribution in [0.1, 0.15) is 38.4 Å². The zero-order valence-electron chi connectivity index (χ0n) is 18.0. The van der Waals surface area contributed by atoms with Crippen LogP contribution in [-0.4, -0.2) is 59.0 Å². The predicted octanol–water partition coefficient (Wildman–Crippen LogP) is 3.16. The van der Waals surface area contributed by atoms with E-state index in [-0.39, 0.29) is 24.4 Å². The van der Waals surface area contributed by atoms with Gasteiger partial charge in [-0.1, -0.05) is 30.3 Å². The van der Waals surface area contributed by atoms with Crippen LogP contribution in [0.3, 0.4) is 0 Å². The second-order valence-electron chi connectivity index (χ2n) is 7.52. The van der Waals surface area contributed by atoms with Gasteiger partial charge in [0.2, 0.25) is 11.8 Å². The van der Waals surface area contributed by atoms with Crippen molar-refractivity contribution < 1.29 is 14.3 Å². The third-order valence-electron chi connectivity index (χ3n) is 4.94. The lowest BCUT2D eigenvalue weighted by atomic mass is 10.2. The first kappa shape index (κ1) is 22.7. The first-order valence-corrected chi connectivity index (χ1v) is 10.1. The number of hydrogen-bond donors (Lipinski definition) is 0. The minimum atomic E-state index is -0.0920. The smallest absolute Gasteiger partial charge is 0.242 e. The molecular formula is C23H33N3O3. The molecule has 0 N–H and O–H groups in total. The topological polar surface area (TPSA) is 54.8 Å². The van der Waals surface area contributed by atoms with E-state index in [1.165, 1.54) is 12.5 Å². The number of ether oxygens (including phenoxy) is 1. The molecule has 2 amide bonds. The van der Waals surface area contributed by atoms with Crippen molar-refractivity contribution in [2.45, 2.75) is 46.3 Å². The Hall–Kier alpha value is -2.60. The maximum atomic E-state index is 13.0. The third kappa shape index (κ3) is 7.06. The van der Waals surface area contributed by atoms with Gasteiger partial charge in [0.05, 0.1) is 13.1 Å². The Balaban J connectivity index is 2.07. The normalized spacial score (nSPS) is 10.9. The van der Waals surface area contributed by atoms with Gasteiger partial charge in [-0.15, -0.1) is 0 Å². The van der Waals surface area contributed by atoms with Crippen molar-refractivity contribution in [3.8, 4) is 0 Å². The zero-order valence-corrected chi connectivity index (χ0v) is 18.0. The summed E-state index contributed by atoms with van der Waals surface area (Å²) < 4.78 is 7.22. The number of methoxy groups -OCH3 is 1. The van der Waals surface area contributed by atoms with E-state index in [1.54, 1.807) is 12.0 Å². The third-order valence-corrected chi connectivity index (χ3v) is 4.94. The first-order valence-electron chi connectivity index (χ1n) is 10.1. The maximum Gasteiger partial charge on any atom is 0.242 e. The highest BCUT2D eigenvalue weighted by Gasteiger charge is 2.22. The minimum absolute atomic E-state index is 0.0374. The lowest BCUT2D eigenvalue weighted by Gasteiger charge is -2.30. The van der Waals surface area contributed by atoms with Gasteiger partial charge in [0.1, 0.15) is 0 Å². The van der Waals surface area contributed by atoms with Crippen LogP contribution >= 0.6 is 0 Å². The SMILES string of the molecule is COCCCN(CC(=O)N(Cc1cccn1Cc1ccccc1)C(C)C)C(C)=O. The van der Waals surface area contributed by atoms with Crippen LogP contribution < -0.4 is 0 Å². The quantitative estimate of drug-likeness (QED) is 0.546. The number of carbonyl (C=O) groups is 2. The zero-order chi connectivity index (χ0) is 21.2. The maximum absolute atomic E-state index is 13.0. The number of aromatic nitrogens is 1. The van der Waals surface area contributed by atoms with Gasteiger partial charge < -0.3 is 19.1 Å². The van der Waals surface area contributed by atoms with Crippen LogP contribution in [-0.2, 0) is 27.4 Å². The van der Waals surface area contributed by atoms with Crippen LogP contribution in [0.5, 0.6) is 0 Å². The van der Waals surface area contributed by atoms with E-state index in [1.807, 2.05) is 55.3 Å². The number of rotatable bonds is 11. The summed E-state index contributed by atoms with van der Waals surface area (Å²) >= 11 is 0. The van der Waals surface area contributed by atoms with E-state index in [0.717, 1.165) is 12.2 Å². The highest BCUT2D eigenvalue weighted by molar-refractivity contribution is 5.84. The molecule has 0 atom stereocenters. The van der Waals surface area contributed by atoms with E-state index < -0.39 is 0 Å².